The number of carbonyl (C=O) groups is 4. The SMILES string of the molecule is COc1cccc(C(c2ccccc2)(c2ccccc2)[C@H](CCCCCO)OOC(=O)NC(C)CN2C(=O)c3ccc(C(=O)O)cc3C2=O)c1OC. The fourth-order valence-electron chi connectivity index (χ4n) is 6.81. The molecule has 1 heterocycles. The molecule has 0 saturated heterocycles. The number of fused-ring (bicyclic) bond motifs is 1. The number of carboxylic acid groups (broad SMARTS) is 1. The molecule has 1 unspecified atom stereocenters. The molecule has 0 fully saturated rings. The molecule has 0 saturated carbocycles. The summed E-state index contributed by atoms with van der Waals surface area (Å²) in [6, 6.07) is 27.9. The first-order chi connectivity index (χ1) is 25.2. The van der Waals surface area contributed by atoms with Gasteiger partial charge >= 0.3 is 12.1 Å². The number of aliphatic hydroxyl groups is 1. The van der Waals surface area contributed by atoms with Gasteiger partial charge in [0.05, 0.1) is 36.3 Å². The molecule has 0 bridgehead atoms. The number of carboxylic acids is 1. The lowest BCUT2D eigenvalue weighted by Gasteiger charge is -2.42. The molecule has 5 rings (SSSR count). The minimum atomic E-state index is -1.22. The largest absolute Gasteiger partial charge is 0.493 e. The van der Waals surface area contributed by atoms with Gasteiger partial charge in [0.1, 0.15) is 6.10 Å². The number of hydrogen-bond donors (Lipinski definition) is 3. The maximum atomic E-state index is 13.4. The molecule has 1 aliphatic heterocycles. The maximum absolute atomic E-state index is 13.4. The van der Waals surface area contributed by atoms with Crippen molar-refractivity contribution < 1.29 is 48.6 Å². The minimum Gasteiger partial charge on any atom is -0.493 e. The van der Waals surface area contributed by atoms with Gasteiger partial charge in [-0.2, -0.15) is 4.89 Å². The van der Waals surface area contributed by atoms with Crippen molar-refractivity contribution in [2.75, 3.05) is 27.4 Å². The lowest BCUT2D eigenvalue weighted by Crippen LogP contribution is -2.47. The van der Waals surface area contributed by atoms with Crippen molar-refractivity contribution in [3.8, 4) is 11.5 Å². The summed E-state index contributed by atoms with van der Waals surface area (Å²) in [4.78, 5) is 63.6. The van der Waals surface area contributed by atoms with Gasteiger partial charge < -0.3 is 25.0 Å². The summed E-state index contributed by atoms with van der Waals surface area (Å²) in [6.07, 6.45) is 0.461. The Morgan fingerprint density at radius 3 is 2.06 bits per heavy atom. The second-order valence-electron chi connectivity index (χ2n) is 12.4. The van der Waals surface area contributed by atoms with Crippen LogP contribution in [0.5, 0.6) is 11.5 Å². The number of nitrogens with zero attached hydrogens (tertiary/aromatic N) is 1. The predicted octanol–water partition coefficient (Wildman–Crippen LogP) is 6.00. The molecule has 4 aromatic rings. The van der Waals surface area contributed by atoms with Gasteiger partial charge in [-0.15, -0.1) is 0 Å². The molecule has 1 aliphatic rings. The summed E-state index contributed by atoms with van der Waals surface area (Å²) in [6.45, 7) is 1.43. The van der Waals surface area contributed by atoms with E-state index in [-0.39, 0.29) is 29.8 Å². The van der Waals surface area contributed by atoms with Crippen molar-refractivity contribution >= 4 is 23.9 Å². The molecule has 3 amide bonds. The topological polar surface area (TPSA) is 161 Å². The lowest BCUT2D eigenvalue weighted by atomic mass is 9.64. The molecular weight excluding hydrogens is 668 g/mol. The van der Waals surface area contributed by atoms with E-state index in [1.165, 1.54) is 18.2 Å². The van der Waals surface area contributed by atoms with Crippen LogP contribution in [0.25, 0.3) is 0 Å². The second-order valence-corrected chi connectivity index (χ2v) is 12.4. The summed E-state index contributed by atoms with van der Waals surface area (Å²) in [7, 11) is 3.12. The van der Waals surface area contributed by atoms with Crippen LogP contribution in [0.1, 0.15) is 80.4 Å². The maximum Gasteiger partial charge on any atom is 0.438 e. The molecule has 0 aromatic heterocycles. The van der Waals surface area contributed by atoms with Gasteiger partial charge in [0.25, 0.3) is 11.8 Å². The third-order valence-corrected chi connectivity index (χ3v) is 9.17. The number of amides is 3. The zero-order valence-corrected chi connectivity index (χ0v) is 29.2. The fraction of sp³-hybridized carbons (Fsp3) is 0.300. The highest BCUT2D eigenvalue weighted by Gasteiger charge is 2.48. The number of methoxy groups -OCH3 is 2. The Labute approximate surface area is 301 Å². The lowest BCUT2D eigenvalue weighted by molar-refractivity contribution is -0.284. The summed E-state index contributed by atoms with van der Waals surface area (Å²) >= 11 is 0. The quantitative estimate of drug-likeness (QED) is 0.0390. The number of unbranched alkanes of at least 4 members (excludes halogenated alkanes) is 2. The summed E-state index contributed by atoms with van der Waals surface area (Å²) in [5.74, 6) is -1.52. The van der Waals surface area contributed by atoms with Crippen LogP contribution in [0.3, 0.4) is 0 Å². The molecule has 2 atom stereocenters. The zero-order chi connectivity index (χ0) is 37.3. The molecule has 0 spiro atoms. The van der Waals surface area contributed by atoms with Gasteiger partial charge in [-0.3, -0.25) is 19.4 Å². The average Bonchev–Trinajstić information content (AvgIpc) is 3.39. The normalized spacial score (nSPS) is 13.7. The Morgan fingerprint density at radius 2 is 1.46 bits per heavy atom. The van der Waals surface area contributed by atoms with Crippen molar-refractivity contribution in [1.29, 1.82) is 0 Å². The number of ether oxygens (including phenoxy) is 2. The highest BCUT2D eigenvalue weighted by atomic mass is 17.2. The van der Waals surface area contributed by atoms with E-state index in [1.807, 2.05) is 72.8 Å². The number of aliphatic hydroxyl groups excluding tert-OH is 1. The second kappa shape index (κ2) is 17.0. The molecule has 0 radical (unpaired) electrons. The van der Waals surface area contributed by atoms with E-state index >= 15 is 0 Å². The summed E-state index contributed by atoms with van der Waals surface area (Å²) in [5, 5.41) is 21.5. The van der Waals surface area contributed by atoms with Crippen LogP contribution in [0, 0.1) is 0 Å². The van der Waals surface area contributed by atoms with Crippen molar-refractivity contribution in [1.82, 2.24) is 10.2 Å². The smallest absolute Gasteiger partial charge is 0.438 e. The van der Waals surface area contributed by atoms with Crippen LogP contribution in [-0.4, -0.2) is 78.5 Å². The van der Waals surface area contributed by atoms with Gasteiger partial charge in [0.15, 0.2) is 11.5 Å². The van der Waals surface area contributed by atoms with Crippen molar-refractivity contribution in [2.45, 2.75) is 50.2 Å². The Kier molecular flexibility index (Phi) is 12.3. The monoisotopic (exact) mass is 710 g/mol. The molecule has 52 heavy (non-hydrogen) atoms. The van der Waals surface area contributed by atoms with Crippen LogP contribution in [0.4, 0.5) is 4.79 Å². The average molecular weight is 711 g/mol. The molecule has 3 N–H and O–H groups in total. The Morgan fingerprint density at radius 1 is 0.808 bits per heavy atom. The van der Waals surface area contributed by atoms with E-state index in [0.29, 0.717) is 42.7 Å². The van der Waals surface area contributed by atoms with Crippen LogP contribution < -0.4 is 14.8 Å². The Hall–Kier alpha value is -5.72. The number of para-hydroxylation sites is 1. The number of imide groups is 1. The van der Waals surface area contributed by atoms with Gasteiger partial charge in [-0.25, -0.2) is 9.59 Å². The minimum absolute atomic E-state index is 0.0156. The zero-order valence-electron chi connectivity index (χ0n) is 29.2. The molecule has 272 valence electrons. The van der Waals surface area contributed by atoms with Gasteiger partial charge in [0.2, 0.25) is 0 Å². The summed E-state index contributed by atoms with van der Waals surface area (Å²) in [5.41, 5.74) is 1.19. The highest BCUT2D eigenvalue weighted by molar-refractivity contribution is 6.22. The van der Waals surface area contributed by atoms with E-state index in [2.05, 4.69) is 5.32 Å². The number of aromatic carboxylic acids is 1. The molecule has 12 nitrogen and oxygen atoms in total. The number of carbonyl (C=O) groups excluding carboxylic acids is 3. The van der Waals surface area contributed by atoms with E-state index in [9.17, 15) is 29.4 Å². The van der Waals surface area contributed by atoms with Crippen molar-refractivity contribution in [3.63, 3.8) is 0 Å². The first-order valence-corrected chi connectivity index (χ1v) is 17.0. The number of nitrogens with one attached hydrogen (secondary N) is 1. The van der Waals surface area contributed by atoms with Crippen LogP contribution in [-0.2, 0) is 15.2 Å². The molecule has 12 heteroatoms. The van der Waals surface area contributed by atoms with Crippen molar-refractivity contribution in [2.24, 2.45) is 0 Å². The Balaban J connectivity index is 1.46. The van der Waals surface area contributed by atoms with Crippen molar-refractivity contribution in [3.05, 3.63) is 130 Å². The Bertz CT molecular complexity index is 1840. The number of benzene rings is 4. The summed E-state index contributed by atoms with van der Waals surface area (Å²) < 4.78 is 11.7. The van der Waals surface area contributed by atoms with E-state index in [4.69, 9.17) is 19.2 Å². The fourth-order valence-corrected chi connectivity index (χ4v) is 6.81. The van der Waals surface area contributed by atoms with E-state index in [1.54, 1.807) is 27.2 Å². The van der Waals surface area contributed by atoms with Gasteiger partial charge in [0, 0.05) is 24.8 Å². The third-order valence-electron chi connectivity index (χ3n) is 9.17. The molecular formula is C40H42N2O10. The predicted molar refractivity (Wildman–Crippen MR) is 191 cm³/mol. The molecule has 0 aliphatic carbocycles. The van der Waals surface area contributed by atoms with E-state index in [0.717, 1.165) is 16.0 Å². The first kappa shape index (κ1) is 37.5. The van der Waals surface area contributed by atoms with E-state index < -0.39 is 41.4 Å². The van der Waals surface area contributed by atoms with Crippen LogP contribution in [0.2, 0.25) is 0 Å². The highest BCUT2D eigenvalue weighted by Crippen LogP contribution is 2.50. The number of hydrogen-bond acceptors (Lipinski definition) is 9. The standard InChI is InChI=1S/C40H42N2O10/c1-26(25-42-36(44)30-22-21-27(38(46)47)24-31(30)37(42)45)41-39(48)52-51-34(20-11-6-12-23-43)40(28-14-7-4-8-15-28,29-16-9-5-10-17-29)32-18-13-19-33(49-2)35(32)50-3/h4-5,7-10,13-19,21-22,24,26,34,43H,6,11-12,20,23,25H2,1-3H3,(H,41,48)(H,46,47)/t26?,34-/m0/s1. The number of rotatable bonds is 17. The van der Waals surface area contributed by atoms with Gasteiger partial charge in [-0.1, -0.05) is 85.6 Å². The molecule has 4 aromatic carbocycles. The van der Waals surface area contributed by atoms with Crippen LogP contribution in [0.15, 0.2) is 97.1 Å². The third kappa shape index (κ3) is 7.63. The van der Waals surface area contributed by atoms with Crippen LogP contribution >= 0.6 is 0 Å². The van der Waals surface area contributed by atoms with Gasteiger partial charge in [-0.05, 0) is 55.2 Å². The first-order valence-electron chi connectivity index (χ1n) is 17.0.